The predicted octanol–water partition coefficient (Wildman–Crippen LogP) is 2.68. The van der Waals surface area contributed by atoms with Crippen LogP contribution in [0.3, 0.4) is 0 Å². The van der Waals surface area contributed by atoms with E-state index in [1.807, 2.05) is 48.6 Å². The van der Waals surface area contributed by atoms with Crippen LogP contribution in [0.5, 0.6) is 5.75 Å². The maximum Gasteiger partial charge on any atom is 0.183 e. The van der Waals surface area contributed by atoms with Gasteiger partial charge in [-0.2, -0.15) is 0 Å². The third-order valence-corrected chi connectivity index (χ3v) is 3.22. The van der Waals surface area contributed by atoms with E-state index in [4.69, 9.17) is 16.2 Å². The molecule has 3 nitrogen and oxygen atoms in total. The van der Waals surface area contributed by atoms with Crippen molar-refractivity contribution in [3.05, 3.63) is 66.4 Å². The quantitative estimate of drug-likeness (QED) is 0.808. The summed E-state index contributed by atoms with van der Waals surface area (Å²) in [6.07, 6.45) is 6.01. The summed E-state index contributed by atoms with van der Waals surface area (Å²) in [5.41, 5.74) is 11.9. The molecule has 3 heteroatoms. The lowest BCUT2D eigenvalue weighted by molar-refractivity contribution is 0.128. The molecule has 0 saturated carbocycles. The molecule has 19 heavy (non-hydrogen) atoms. The number of allylic oxidation sites excluding steroid dienone is 2. The summed E-state index contributed by atoms with van der Waals surface area (Å²) in [7, 11) is 0. The molecule has 0 amide bonds. The van der Waals surface area contributed by atoms with E-state index in [0.717, 1.165) is 22.2 Å². The van der Waals surface area contributed by atoms with Gasteiger partial charge in [-0.3, -0.25) is 5.73 Å². The lowest BCUT2D eigenvalue weighted by atomic mass is 10.0. The third kappa shape index (κ3) is 2.33. The smallest absolute Gasteiger partial charge is 0.183 e. The molecular weight excluding hydrogens is 236 g/mol. The minimum atomic E-state index is -0.872. The number of nitrogens with two attached hydrogens (primary N) is 2. The van der Waals surface area contributed by atoms with E-state index in [2.05, 4.69) is 12.1 Å². The fraction of sp³-hybridized carbons (Fsp3) is 0.125. The van der Waals surface area contributed by atoms with Crippen molar-refractivity contribution < 1.29 is 4.74 Å². The predicted molar refractivity (Wildman–Crippen MR) is 77.5 cm³/mol. The Morgan fingerprint density at radius 2 is 1.84 bits per heavy atom. The van der Waals surface area contributed by atoms with Gasteiger partial charge >= 0.3 is 0 Å². The Labute approximate surface area is 112 Å². The van der Waals surface area contributed by atoms with Gasteiger partial charge in [0, 0.05) is 17.5 Å². The molecule has 1 unspecified atom stereocenters. The van der Waals surface area contributed by atoms with Crippen molar-refractivity contribution in [2.45, 2.75) is 12.1 Å². The largest absolute Gasteiger partial charge is 0.468 e. The van der Waals surface area contributed by atoms with Crippen LogP contribution >= 0.6 is 0 Å². The van der Waals surface area contributed by atoms with E-state index in [9.17, 15) is 0 Å². The second kappa shape index (κ2) is 4.44. The van der Waals surface area contributed by atoms with E-state index in [1.165, 1.54) is 0 Å². The van der Waals surface area contributed by atoms with Gasteiger partial charge in [0.05, 0.1) is 0 Å². The molecule has 2 aromatic carbocycles. The van der Waals surface area contributed by atoms with Crippen LogP contribution in [0, 0.1) is 0 Å². The molecule has 0 aliphatic heterocycles. The number of ether oxygens (including phenoxy) is 1. The van der Waals surface area contributed by atoms with Crippen molar-refractivity contribution in [3.63, 3.8) is 0 Å². The molecule has 0 spiro atoms. The van der Waals surface area contributed by atoms with Gasteiger partial charge in [0.25, 0.3) is 0 Å². The highest BCUT2D eigenvalue weighted by atomic mass is 16.5. The third-order valence-electron chi connectivity index (χ3n) is 3.22. The molecule has 0 saturated heterocycles. The Balaban J connectivity index is 1.98. The maximum atomic E-state index is 6.24. The fourth-order valence-electron chi connectivity index (χ4n) is 2.33. The molecule has 1 aliphatic rings. The van der Waals surface area contributed by atoms with Gasteiger partial charge in [-0.15, -0.1) is 0 Å². The van der Waals surface area contributed by atoms with Crippen LogP contribution in [-0.4, -0.2) is 5.72 Å². The Morgan fingerprint density at radius 1 is 1.05 bits per heavy atom. The Morgan fingerprint density at radius 3 is 2.68 bits per heavy atom. The first kappa shape index (κ1) is 11.8. The summed E-state index contributed by atoms with van der Waals surface area (Å²) in [5.74, 6) is 0.778. The average molecular weight is 252 g/mol. The van der Waals surface area contributed by atoms with Gasteiger partial charge in [0.1, 0.15) is 5.75 Å². The first-order valence-electron chi connectivity index (χ1n) is 6.26. The van der Waals surface area contributed by atoms with Gasteiger partial charge in [0.2, 0.25) is 0 Å². The first-order chi connectivity index (χ1) is 9.16. The minimum absolute atomic E-state index is 0.493. The zero-order valence-corrected chi connectivity index (χ0v) is 10.5. The summed E-state index contributed by atoms with van der Waals surface area (Å²) in [6, 6.07) is 14.0. The molecule has 4 N–H and O–H groups in total. The highest BCUT2D eigenvalue weighted by Crippen LogP contribution is 2.30. The highest BCUT2D eigenvalue weighted by molar-refractivity contribution is 5.88. The first-order valence-corrected chi connectivity index (χ1v) is 6.26. The highest BCUT2D eigenvalue weighted by Gasteiger charge is 2.27. The molecule has 0 fully saturated rings. The van der Waals surface area contributed by atoms with E-state index >= 15 is 0 Å². The second-order valence-corrected chi connectivity index (χ2v) is 4.81. The Bertz CT molecular complexity index is 670. The van der Waals surface area contributed by atoms with Crippen LogP contribution in [-0.2, 0) is 0 Å². The summed E-state index contributed by atoms with van der Waals surface area (Å²) in [4.78, 5) is 0. The molecule has 0 radical (unpaired) electrons. The number of benzene rings is 2. The standard InChI is InChI=1S/C16H16N2O/c17-13-7-4-10-16(18,11-13)19-15-9-3-6-12-5-1-2-8-14(12)15/h1-10H,11,17-18H2. The average Bonchev–Trinajstić information content (AvgIpc) is 2.38. The zero-order chi connectivity index (χ0) is 13.3. The minimum Gasteiger partial charge on any atom is -0.468 e. The van der Waals surface area contributed by atoms with Crippen LogP contribution in [0.2, 0.25) is 0 Å². The van der Waals surface area contributed by atoms with Gasteiger partial charge < -0.3 is 10.5 Å². The summed E-state index contributed by atoms with van der Waals surface area (Å²) >= 11 is 0. The van der Waals surface area contributed by atoms with Crippen LogP contribution in [0.15, 0.2) is 66.4 Å². The number of fused-ring (bicyclic) bond motifs is 1. The van der Waals surface area contributed by atoms with Crippen molar-refractivity contribution in [1.29, 1.82) is 0 Å². The van der Waals surface area contributed by atoms with Crippen LogP contribution in [0.1, 0.15) is 6.42 Å². The number of rotatable bonds is 2. The topological polar surface area (TPSA) is 61.3 Å². The van der Waals surface area contributed by atoms with Gasteiger partial charge in [-0.05, 0) is 23.6 Å². The monoisotopic (exact) mass is 252 g/mol. The van der Waals surface area contributed by atoms with Crippen molar-refractivity contribution in [3.8, 4) is 5.75 Å². The summed E-state index contributed by atoms with van der Waals surface area (Å²) < 4.78 is 6.00. The molecular formula is C16H16N2O. The van der Waals surface area contributed by atoms with E-state index in [0.29, 0.717) is 6.42 Å². The Kier molecular flexibility index (Phi) is 2.76. The SMILES string of the molecule is NC1=CC=CC(N)(Oc2cccc3ccccc23)C1. The van der Waals surface area contributed by atoms with Crippen molar-refractivity contribution >= 4 is 10.8 Å². The van der Waals surface area contributed by atoms with Crippen LogP contribution < -0.4 is 16.2 Å². The molecule has 2 aromatic rings. The fourth-order valence-corrected chi connectivity index (χ4v) is 2.33. The van der Waals surface area contributed by atoms with Crippen molar-refractivity contribution in [2.75, 3.05) is 0 Å². The van der Waals surface area contributed by atoms with Gasteiger partial charge in [-0.25, -0.2) is 0 Å². The molecule has 1 aliphatic carbocycles. The molecule has 0 heterocycles. The summed E-state index contributed by atoms with van der Waals surface area (Å²) in [6.45, 7) is 0. The van der Waals surface area contributed by atoms with Crippen molar-refractivity contribution in [1.82, 2.24) is 0 Å². The normalized spacial score (nSPS) is 22.3. The molecule has 0 bridgehead atoms. The van der Waals surface area contributed by atoms with Crippen molar-refractivity contribution in [2.24, 2.45) is 11.5 Å². The summed E-state index contributed by atoms with van der Waals surface area (Å²) in [5, 5.41) is 2.18. The molecule has 96 valence electrons. The lowest BCUT2D eigenvalue weighted by Crippen LogP contribution is -2.46. The lowest BCUT2D eigenvalue weighted by Gasteiger charge is -2.29. The zero-order valence-electron chi connectivity index (χ0n) is 10.5. The van der Waals surface area contributed by atoms with E-state index in [1.54, 1.807) is 0 Å². The van der Waals surface area contributed by atoms with E-state index in [-0.39, 0.29) is 0 Å². The Hall–Kier alpha value is -2.26. The van der Waals surface area contributed by atoms with Gasteiger partial charge in [0.15, 0.2) is 5.72 Å². The molecule has 0 aromatic heterocycles. The molecule has 1 atom stereocenters. The van der Waals surface area contributed by atoms with E-state index < -0.39 is 5.72 Å². The number of hydrogen-bond donors (Lipinski definition) is 2. The maximum absolute atomic E-state index is 6.24. The number of hydrogen-bond acceptors (Lipinski definition) is 3. The van der Waals surface area contributed by atoms with Gasteiger partial charge in [-0.1, -0.05) is 42.5 Å². The van der Waals surface area contributed by atoms with Crippen LogP contribution in [0.25, 0.3) is 10.8 Å². The molecule has 3 rings (SSSR count). The van der Waals surface area contributed by atoms with Crippen LogP contribution in [0.4, 0.5) is 0 Å². The second-order valence-electron chi connectivity index (χ2n) is 4.81.